The molecule has 7 heteroatoms. The number of rotatable bonds is 6. The molecule has 35 heavy (non-hydrogen) atoms. The van der Waals surface area contributed by atoms with Crippen LogP contribution in [0, 0.1) is 5.92 Å². The number of carbonyl (C=O) groups is 2. The highest BCUT2D eigenvalue weighted by atomic mass is 16.7. The van der Waals surface area contributed by atoms with Gasteiger partial charge in [-0.25, -0.2) is 9.78 Å². The molecule has 1 N–H and O–H groups in total. The lowest BCUT2D eigenvalue weighted by molar-refractivity contribution is -0.124. The highest BCUT2D eigenvalue weighted by Crippen LogP contribution is 2.38. The van der Waals surface area contributed by atoms with Crippen LogP contribution in [0.4, 0.5) is 0 Å². The molecule has 0 saturated heterocycles. The molecule has 1 aliphatic heterocycles. The second-order valence-electron chi connectivity index (χ2n) is 9.24. The van der Waals surface area contributed by atoms with E-state index in [1.54, 1.807) is 0 Å². The second-order valence-corrected chi connectivity index (χ2v) is 9.24. The molecule has 180 valence electrons. The Kier molecular flexibility index (Phi) is 6.40. The van der Waals surface area contributed by atoms with Crippen molar-refractivity contribution in [2.75, 3.05) is 19.9 Å². The van der Waals surface area contributed by atoms with Crippen LogP contribution in [0.3, 0.4) is 0 Å². The minimum atomic E-state index is -0.496. The lowest BCUT2D eigenvalue weighted by Crippen LogP contribution is -2.31. The highest BCUT2D eigenvalue weighted by Gasteiger charge is 2.26. The van der Waals surface area contributed by atoms with Crippen LogP contribution >= 0.6 is 0 Å². The quantitative estimate of drug-likeness (QED) is 0.520. The molecule has 1 aromatic heterocycles. The number of hydrogen-bond donors (Lipinski definition) is 1. The number of ether oxygens (including phenoxy) is 3. The maximum Gasteiger partial charge on any atom is 0.339 e. The number of carbonyl (C=O) groups excluding carboxylic acids is 2. The van der Waals surface area contributed by atoms with E-state index in [1.165, 1.54) is 0 Å². The van der Waals surface area contributed by atoms with Gasteiger partial charge in [0.15, 0.2) is 18.1 Å². The molecular weight excluding hydrogens is 444 g/mol. The van der Waals surface area contributed by atoms with Gasteiger partial charge in [-0.15, -0.1) is 0 Å². The standard InChI is InChI=1S/C28H28N2O5/c1-17(2)14-29-25(31)15-33-28(32)26-20-7-3-4-9-22(20)30-27-19(6-5-8-21(26)27)12-18-10-11-23-24(13-18)35-16-34-23/h3-4,7,9-13,17H,5-6,8,14-16H2,1-2H3,(H,29,31)/b19-12-. The monoisotopic (exact) mass is 472 g/mol. The summed E-state index contributed by atoms with van der Waals surface area (Å²) >= 11 is 0. The number of amides is 1. The SMILES string of the molecule is CC(C)CNC(=O)COC(=O)c1c2c(nc3ccccc13)/C(=C\c1ccc3c(c1)OCO3)CCC2. The molecule has 0 fully saturated rings. The first kappa shape index (κ1) is 22.9. The molecule has 5 rings (SSSR count). The number of fused-ring (bicyclic) bond motifs is 3. The molecule has 2 aliphatic rings. The van der Waals surface area contributed by atoms with E-state index in [1.807, 2.05) is 56.3 Å². The van der Waals surface area contributed by atoms with Crippen molar-refractivity contribution < 1.29 is 23.8 Å². The van der Waals surface area contributed by atoms with Crippen LogP contribution in [-0.2, 0) is 16.0 Å². The first-order valence-electron chi connectivity index (χ1n) is 12.0. The van der Waals surface area contributed by atoms with E-state index in [9.17, 15) is 9.59 Å². The molecule has 3 aromatic rings. The zero-order valence-corrected chi connectivity index (χ0v) is 19.9. The summed E-state index contributed by atoms with van der Waals surface area (Å²) in [6, 6.07) is 13.4. The minimum absolute atomic E-state index is 0.229. The van der Waals surface area contributed by atoms with Crippen LogP contribution < -0.4 is 14.8 Å². The summed E-state index contributed by atoms with van der Waals surface area (Å²) in [7, 11) is 0. The molecule has 2 aromatic carbocycles. The third-order valence-electron chi connectivity index (χ3n) is 6.15. The number of aromatic nitrogens is 1. The van der Waals surface area contributed by atoms with Gasteiger partial charge in [-0.1, -0.05) is 38.1 Å². The fourth-order valence-electron chi connectivity index (χ4n) is 4.48. The van der Waals surface area contributed by atoms with Crippen molar-refractivity contribution in [3.63, 3.8) is 0 Å². The van der Waals surface area contributed by atoms with E-state index < -0.39 is 5.97 Å². The first-order chi connectivity index (χ1) is 17.0. The van der Waals surface area contributed by atoms with Gasteiger partial charge in [0.1, 0.15) is 0 Å². The lowest BCUT2D eigenvalue weighted by atomic mass is 9.86. The summed E-state index contributed by atoms with van der Waals surface area (Å²) in [5.74, 6) is 0.983. The van der Waals surface area contributed by atoms with Gasteiger partial charge >= 0.3 is 5.97 Å². The number of allylic oxidation sites excluding steroid dienone is 1. The molecule has 0 spiro atoms. The molecule has 0 radical (unpaired) electrons. The van der Waals surface area contributed by atoms with Crippen molar-refractivity contribution in [3.8, 4) is 11.5 Å². The van der Waals surface area contributed by atoms with Crippen molar-refractivity contribution in [1.82, 2.24) is 10.3 Å². The highest BCUT2D eigenvalue weighted by molar-refractivity contribution is 6.07. The Labute approximate surface area is 204 Å². The average molecular weight is 473 g/mol. The van der Waals surface area contributed by atoms with Gasteiger partial charge in [0.2, 0.25) is 6.79 Å². The van der Waals surface area contributed by atoms with Gasteiger partial charge in [0.05, 0.1) is 16.8 Å². The summed E-state index contributed by atoms with van der Waals surface area (Å²) in [6.07, 6.45) is 4.54. The molecular formula is C28H28N2O5. The van der Waals surface area contributed by atoms with Gasteiger partial charge in [-0.3, -0.25) is 4.79 Å². The van der Waals surface area contributed by atoms with Crippen LogP contribution in [0.15, 0.2) is 42.5 Å². The van der Waals surface area contributed by atoms with Gasteiger partial charge in [0.25, 0.3) is 5.91 Å². The zero-order valence-electron chi connectivity index (χ0n) is 19.9. The van der Waals surface area contributed by atoms with E-state index in [-0.39, 0.29) is 19.3 Å². The number of pyridine rings is 1. The van der Waals surface area contributed by atoms with E-state index in [0.29, 0.717) is 18.0 Å². The number of esters is 1. The number of para-hydroxylation sites is 1. The van der Waals surface area contributed by atoms with E-state index >= 15 is 0 Å². The van der Waals surface area contributed by atoms with Crippen molar-refractivity contribution >= 4 is 34.4 Å². The summed E-state index contributed by atoms with van der Waals surface area (Å²) in [6.45, 7) is 4.48. The Morgan fingerprint density at radius 1 is 1.11 bits per heavy atom. The van der Waals surface area contributed by atoms with Crippen LogP contribution in [0.2, 0.25) is 0 Å². The fraction of sp³-hybridized carbons (Fsp3) is 0.321. The van der Waals surface area contributed by atoms with Crippen molar-refractivity contribution in [1.29, 1.82) is 0 Å². The number of nitrogens with zero attached hydrogens (tertiary/aromatic N) is 1. The lowest BCUT2D eigenvalue weighted by Gasteiger charge is -2.22. The summed E-state index contributed by atoms with van der Waals surface area (Å²) in [4.78, 5) is 30.4. The Hall–Kier alpha value is -3.87. The Morgan fingerprint density at radius 3 is 2.80 bits per heavy atom. The summed E-state index contributed by atoms with van der Waals surface area (Å²) < 4.78 is 16.4. The second kappa shape index (κ2) is 9.78. The minimum Gasteiger partial charge on any atom is -0.454 e. The normalized spacial score (nSPS) is 15.3. The maximum absolute atomic E-state index is 13.3. The van der Waals surface area contributed by atoms with Gasteiger partial charge in [-0.05, 0) is 66.2 Å². The fourth-order valence-corrected chi connectivity index (χ4v) is 4.48. The van der Waals surface area contributed by atoms with E-state index in [4.69, 9.17) is 19.2 Å². The smallest absolute Gasteiger partial charge is 0.339 e. The van der Waals surface area contributed by atoms with Gasteiger partial charge in [0, 0.05) is 11.9 Å². The van der Waals surface area contributed by atoms with Crippen molar-refractivity contribution in [3.05, 3.63) is 64.8 Å². The molecule has 2 heterocycles. The molecule has 7 nitrogen and oxygen atoms in total. The Bertz CT molecular complexity index is 1330. The topological polar surface area (TPSA) is 86.8 Å². The predicted molar refractivity (Wildman–Crippen MR) is 133 cm³/mol. The maximum atomic E-state index is 13.3. The number of hydrogen-bond acceptors (Lipinski definition) is 6. The Morgan fingerprint density at radius 2 is 1.94 bits per heavy atom. The first-order valence-corrected chi connectivity index (χ1v) is 12.0. The molecule has 0 unspecified atom stereocenters. The molecule has 1 aliphatic carbocycles. The van der Waals surface area contributed by atoms with Gasteiger partial charge < -0.3 is 19.5 Å². The summed E-state index contributed by atoms with van der Waals surface area (Å²) in [5.41, 5.74) is 4.94. The molecule has 0 bridgehead atoms. The third-order valence-corrected chi connectivity index (χ3v) is 6.15. The molecule has 1 amide bonds. The number of benzene rings is 2. The van der Waals surface area contributed by atoms with Crippen LogP contribution in [0.1, 0.15) is 53.9 Å². The summed E-state index contributed by atoms with van der Waals surface area (Å²) in [5, 5.41) is 3.52. The zero-order chi connectivity index (χ0) is 24.4. The molecule has 0 atom stereocenters. The Balaban J connectivity index is 1.50. The molecule has 0 saturated carbocycles. The average Bonchev–Trinajstić information content (AvgIpc) is 3.33. The largest absolute Gasteiger partial charge is 0.454 e. The van der Waals surface area contributed by atoms with Crippen LogP contribution in [0.5, 0.6) is 11.5 Å². The van der Waals surface area contributed by atoms with E-state index in [0.717, 1.165) is 64.1 Å². The van der Waals surface area contributed by atoms with Crippen LogP contribution in [0.25, 0.3) is 22.6 Å². The van der Waals surface area contributed by atoms with Gasteiger partial charge in [-0.2, -0.15) is 0 Å². The number of nitrogens with one attached hydrogen (secondary N) is 1. The van der Waals surface area contributed by atoms with Crippen LogP contribution in [-0.4, -0.2) is 36.8 Å². The predicted octanol–water partition coefficient (Wildman–Crippen LogP) is 4.77. The van der Waals surface area contributed by atoms with Crippen molar-refractivity contribution in [2.45, 2.75) is 33.1 Å². The third kappa shape index (κ3) is 4.85. The van der Waals surface area contributed by atoms with Crippen molar-refractivity contribution in [2.24, 2.45) is 5.92 Å². The van der Waals surface area contributed by atoms with E-state index in [2.05, 4.69) is 11.4 Å².